The first-order chi connectivity index (χ1) is 16.8. The average molecular weight is 496 g/mol. The van der Waals surface area contributed by atoms with Gasteiger partial charge in [-0.3, -0.25) is 4.79 Å². The lowest BCUT2D eigenvalue weighted by Crippen LogP contribution is -2.43. The minimum Gasteiger partial charge on any atom is -0.497 e. The molecule has 1 saturated carbocycles. The second-order valence-corrected chi connectivity index (χ2v) is 12.2. The summed E-state index contributed by atoms with van der Waals surface area (Å²) in [6, 6.07) is 6.60. The fourth-order valence-electron chi connectivity index (χ4n) is 7.15. The van der Waals surface area contributed by atoms with Crippen molar-refractivity contribution in [3.63, 3.8) is 0 Å². The van der Waals surface area contributed by atoms with Gasteiger partial charge in [-0.05, 0) is 96.9 Å². The SMILES string of the molecule is CCOC(=O)c1c(NC(=O)CC(C)C)sc2c1[C@@]1(C)CC[C@H]3c4ccc(OC)cc4CC[C@@H]3[C@@H]1C2. The number of nitrogens with one attached hydrogen (secondary N) is 1. The summed E-state index contributed by atoms with van der Waals surface area (Å²) in [5, 5.41) is 3.75. The fourth-order valence-corrected chi connectivity index (χ4v) is 8.55. The third kappa shape index (κ3) is 4.08. The Kier molecular flexibility index (Phi) is 6.45. The van der Waals surface area contributed by atoms with E-state index < -0.39 is 0 Å². The highest BCUT2D eigenvalue weighted by molar-refractivity contribution is 7.17. The molecule has 4 atom stereocenters. The van der Waals surface area contributed by atoms with Gasteiger partial charge >= 0.3 is 5.97 Å². The van der Waals surface area contributed by atoms with Crippen molar-refractivity contribution in [1.29, 1.82) is 0 Å². The number of fused-ring (bicyclic) bond motifs is 7. The van der Waals surface area contributed by atoms with Crippen LogP contribution in [0.2, 0.25) is 0 Å². The summed E-state index contributed by atoms with van der Waals surface area (Å²) in [6.07, 6.45) is 5.83. The third-order valence-electron chi connectivity index (χ3n) is 8.61. The number of ether oxygens (including phenoxy) is 2. The highest BCUT2D eigenvalue weighted by atomic mass is 32.1. The Hall–Kier alpha value is -2.34. The van der Waals surface area contributed by atoms with Gasteiger partial charge in [0.25, 0.3) is 0 Å². The summed E-state index contributed by atoms with van der Waals surface area (Å²) in [6.45, 7) is 8.59. The highest BCUT2D eigenvalue weighted by Crippen LogP contribution is 2.63. The van der Waals surface area contributed by atoms with Crippen molar-refractivity contribution in [3.8, 4) is 5.75 Å². The monoisotopic (exact) mass is 495 g/mol. The van der Waals surface area contributed by atoms with Gasteiger partial charge in [0.05, 0.1) is 19.3 Å². The molecule has 1 amide bonds. The molecule has 0 bridgehead atoms. The maximum Gasteiger partial charge on any atom is 0.341 e. The van der Waals surface area contributed by atoms with Crippen LogP contribution in [0, 0.1) is 17.8 Å². The lowest BCUT2D eigenvalue weighted by molar-refractivity contribution is -0.116. The molecule has 0 spiro atoms. The largest absolute Gasteiger partial charge is 0.497 e. The zero-order valence-corrected chi connectivity index (χ0v) is 22.3. The maximum atomic E-state index is 13.2. The number of hydrogen-bond acceptors (Lipinski definition) is 5. The van der Waals surface area contributed by atoms with Crippen LogP contribution in [-0.2, 0) is 27.8 Å². The number of rotatable bonds is 6. The van der Waals surface area contributed by atoms with Gasteiger partial charge in [-0.1, -0.05) is 26.8 Å². The van der Waals surface area contributed by atoms with Crippen LogP contribution in [0.1, 0.15) is 91.2 Å². The molecule has 2 aromatic rings. The summed E-state index contributed by atoms with van der Waals surface area (Å²) in [5.74, 6) is 2.55. The molecule has 0 unspecified atom stereocenters. The molecule has 0 radical (unpaired) electrons. The summed E-state index contributed by atoms with van der Waals surface area (Å²) in [7, 11) is 1.73. The first-order valence-electron chi connectivity index (χ1n) is 13.1. The predicted molar refractivity (Wildman–Crippen MR) is 140 cm³/mol. The lowest BCUT2D eigenvalue weighted by Gasteiger charge is -2.49. The lowest BCUT2D eigenvalue weighted by atomic mass is 9.54. The van der Waals surface area contributed by atoms with Crippen LogP contribution in [0.15, 0.2) is 18.2 Å². The number of esters is 1. The zero-order valence-electron chi connectivity index (χ0n) is 21.5. The Morgan fingerprint density at radius 2 is 2.06 bits per heavy atom. The molecule has 0 saturated heterocycles. The number of hydrogen-bond donors (Lipinski definition) is 1. The Labute approximate surface area is 212 Å². The highest BCUT2D eigenvalue weighted by Gasteiger charge is 2.55. The van der Waals surface area contributed by atoms with E-state index in [0.717, 1.165) is 37.0 Å². The van der Waals surface area contributed by atoms with Crippen LogP contribution < -0.4 is 10.1 Å². The number of aryl methyl sites for hydroxylation is 1. The number of benzene rings is 1. The van der Waals surface area contributed by atoms with Gasteiger partial charge < -0.3 is 14.8 Å². The van der Waals surface area contributed by atoms with Crippen LogP contribution in [0.25, 0.3) is 0 Å². The van der Waals surface area contributed by atoms with E-state index in [0.29, 0.717) is 41.3 Å². The van der Waals surface area contributed by atoms with Crippen molar-refractivity contribution in [2.45, 2.75) is 77.6 Å². The summed E-state index contributed by atoms with van der Waals surface area (Å²) < 4.78 is 11.0. The Morgan fingerprint density at radius 1 is 1.26 bits per heavy atom. The van der Waals surface area contributed by atoms with Crippen LogP contribution >= 0.6 is 11.3 Å². The van der Waals surface area contributed by atoms with Crippen molar-refractivity contribution in [2.24, 2.45) is 17.8 Å². The first-order valence-corrected chi connectivity index (χ1v) is 13.9. The molecule has 1 aromatic carbocycles. The smallest absolute Gasteiger partial charge is 0.341 e. The van der Waals surface area contributed by atoms with Gasteiger partial charge in [-0.25, -0.2) is 4.79 Å². The third-order valence-corrected chi connectivity index (χ3v) is 9.73. The van der Waals surface area contributed by atoms with Gasteiger partial charge in [-0.2, -0.15) is 0 Å². The van der Waals surface area contributed by atoms with E-state index in [1.807, 2.05) is 20.8 Å². The summed E-state index contributed by atoms with van der Waals surface area (Å²) >= 11 is 1.60. The van der Waals surface area contributed by atoms with E-state index in [4.69, 9.17) is 9.47 Å². The van der Waals surface area contributed by atoms with Gasteiger partial charge in [-0.15, -0.1) is 11.3 Å². The predicted octanol–water partition coefficient (Wildman–Crippen LogP) is 6.49. The average Bonchev–Trinajstić information content (AvgIpc) is 3.31. The van der Waals surface area contributed by atoms with Gasteiger partial charge in [0.15, 0.2) is 0 Å². The quantitative estimate of drug-likeness (QED) is 0.465. The van der Waals surface area contributed by atoms with E-state index >= 15 is 0 Å². The number of anilines is 1. The molecule has 6 heteroatoms. The van der Waals surface area contributed by atoms with E-state index in [1.54, 1.807) is 18.4 Å². The van der Waals surface area contributed by atoms with E-state index in [-0.39, 0.29) is 23.2 Å². The van der Waals surface area contributed by atoms with Crippen LogP contribution in [-0.4, -0.2) is 25.6 Å². The van der Waals surface area contributed by atoms with Gasteiger partial charge in [0.1, 0.15) is 10.8 Å². The van der Waals surface area contributed by atoms with Crippen molar-refractivity contribution >= 4 is 28.2 Å². The van der Waals surface area contributed by atoms with Crippen molar-refractivity contribution in [1.82, 2.24) is 0 Å². The van der Waals surface area contributed by atoms with Crippen molar-refractivity contribution < 1.29 is 19.1 Å². The Bertz CT molecular complexity index is 1150. The normalized spacial score (nSPS) is 26.4. The van der Waals surface area contributed by atoms with Gasteiger partial charge in [0, 0.05) is 11.3 Å². The van der Waals surface area contributed by atoms with Crippen LogP contribution in [0.3, 0.4) is 0 Å². The second kappa shape index (κ2) is 9.27. The van der Waals surface area contributed by atoms with Gasteiger partial charge in [0.2, 0.25) is 5.91 Å². The molecule has 1 heterocycles. The summed E-state index contributed by atoms with van der Waals surface area (Å²) in [5.41, 5.74) is 4.63. The molecule has 3 aliphatic carbocycles. The molecule has 35 heavy (non-hydrogen) atoms. The fraction of sp³-hybridized carbons (Fsp3) is 0.586. The molecular formula is C29H37NO4S. The number of carbonyl (C=O) groups excluding carboxylic acids is 2. The van der Waals surface area contributed by atoms with Crippen LogP contribution in [0.5, 0.6) is 5.75 Å². The second-order valence-electron chi connectivity index (χ2n) is 11.1. The summed E-state index contributed by atoms with van der Waals surface area (Å²) in [4.78, 5) is 27.1. The number of carbonyl (C=O) groups is 2. The number of thiophene rings is 1. The van der Waals surface area contributed by atoms with E-state index in [9.17, 15) is 9.59 Å². The Morgan fingerprint density at radius 3 is 2.77 bits per heavy atom. The molecule has 5 rings (SSSR count). The van der Waals surface area contributed by atoms with E-state index in [2.05, 4.69) is 30.4 Å². The molecule has 5 nitrogen and oxygen atoms in total. The van der Waals surface area contributed by atoms with E-state index in [1.165, 1.54) is 22.4 Å². The number of amides is 1. The first kappa shape index (κ1) is 24.4. The minimum atomic E-state index is -0.296. The molecule has 1 aromatic heterocycles. The molecule has 3 aliphatic rings. The van der Waals surface area contributed by atoms with Crippen molar-refractivity contribution in [3.05, 3.63) is 45.3 Å². The minimum absolute atomic E-state index is 0.0322. The molecule has 188 valence electrons. The molecular weight excluding hydrogens is 458 g/mol. The molecule has 0 aliphatic heterocycles. The standard InChI is InChI=1S/C29H37NO4S/c1-6-34-28(32)25-26-23(35-27(25)30-24(31)13-16(2)3)15-22-21-9-7-17-14-18(33-5)8-10-19(17)20(21)11-12-29(22,26)4/h8,10,14,16,20-22H,6-7,9,11-13,15H2,1-5H3,(H,30,31)/t20-,21-,22-,29-/m0/s1. The Balaban J connectivity index is 1.49. The molecule has 1 N–H and O–H groups in total. The maximum absolute atomic E-state index is 13.2. The molecule has 1 fully saturated rings. The zero-order chi connectivity index (χ0) is 24.9. The topological polar surface area (TPSA) is 64.6 Å². The van der Waals surface area contributed by atoms with Crippen molar-refractivity contribution in [2.75, 3.05) is 19.0 Å². The van der Waals surface area contributed by atoms with Crippen LogP contribution in [0.4, 0.5) is 5.00 Å². The number of methoxy groups -OCH3 is 1.